The normalized spacial score (nSPS) is 40.1. The predicted molar refractivity (Wildman–Crippen MR) is 116 cm³/mol. The van der Waals surface area contributed by atoms with E-state index in [1.165, 1.54) is 44.9 Å². The van der Waals surface area contributed by atoms with Crippen LogP contribution in [0.3, 0.4) is 0 Å². The van der Waals surface area contributed by atoms with E-state index in [4.69, 9.17) is 16.9 Å². The number of rotatable bonds is 6. The zero-order valence-electron chi connectivity index (χ0n) is 18.0. The van der Waals surface area contributed by atoms with E-state index in [1.54, 1.807) is 0 Å². The fourth-order valence-corrected chi connectivity index (χ4v) is 7.23. The van der Waals surface area contributed by atoms with Gasteiger partial charge in [0.2, 0.25) is 5.91 Å². The highest BCUT2D eigenvalue weighted by atomic mass is 16.2. The number of amidine groups is 1. The van der Waals surface area contributed by atoms with Gasteiger partial charge in [-0.2, -0.15) is 0 Å². The molecule has 6 N–H and O–H groups in total. The van der Waals surface area contributed by atoms with E-state index >= 15 is 0 Å². The van der Waals surface area contributed by atoms with Crippen LogP contribution < -0.4 is 16.8 Å². The van der Waals surface area contributed by atoms with Gasteiger partial charge in [0.25, 0.3) is 0 Å². The highest BCUT2D eigenvalue weighted by Gasteiger charge is 2.48. The first-order valence-electron chi connectivity index (χ1n) is 12.2. The van der Waals surface area contributed by atoms with Crippen LogP contribution in [0.2, 0.25) is 0 Å². The SMILES string of the molecule is N=C(N)C1CCC2CC(C(=O)NCCN)N(CC3CCCC4CCCCC43)C2C1. The molecule has 0 radical (unpaired) electrons. The fraction of sp³-hybridized carbons (Fsp3) is 0.913. The number of amides is 1. The zero-order chi connectivity index (χ0) is 20.4. The summed E-state index contributed by atoms with van der Waals surface area (Å²) in [5.41, 5.74) is 11.5. The van der Waals surface area contributed by atoms with Crippen LogP contribution in [-0.4, -0.2) is 48.4 Å². The molecule has 1 aliphatic heterocycles. The Morgan fingerprint density at radius 2 is 1.79 bits per heavy atom. The average Bonchev–Trinajstić information content (AvgIpc) is 3.10. The van der Waals surface area contributed by atoms with Crippen molar-refractivity contribution in [3.8, 4) is 0 Å². The van der Waals surface area contributed by atoms with Crippen LogP contribution in [0.4, 0.5) is 0 Å². The second kappa shape index (κ2) is 9.34. The lowest BCUT2D eigenvalue weighted by molar-refractivity contribution is -0.126. The van der Waals surface area contributed by atoms with Gasteiger partial charge < -0.3 is 16.8 Å². The Hall–Kier alpha value is -1.14. The number of nitrogens with one attached hydrogen (secondary N) is 2. The summed E-state index contributed by atoms with van der Waals surface area (Å²) in [5.74, 6) is 3.78. The number of nitrogens with zero attached hydrogens (tertiary/aromatic N) is 1. The molecule has 6 nitrogen and oxygen atoms in total. The molecule has 1 saturated heterocycles. The van der Waals surface area contributed by atoms with Gasteiger partial charge in [-0.1, -0.05) is 32.1 Å². The van der Waals surface area contributed by atoms with E-state index in [1.807, 2.05) is 0 Å². The van der Waals surface area contributed by atoms with Gasteiger partial charge in [0.05, 0.1) is 11.9 Å². The molecule has 0 aromatic rings. The number of nitrogens with two attached hydrogens (primary N) is 2. The van der Waals surface area contributed by atoms with Crippen LogP contribution in [0.15, 0.2) is 0 Å². The van der Waals surface area contributed by atoms with Crippen molar-refractivity contribution in [1.29, 1.82) is 5.41 Å². The Balaban J connectivity index is 1.51. The fourth-order valence-electron chi connectivity index (χ4n) is 7.23. The van der Waals surface area contributed by atoms with Gasteiger partial charge in [-0.15, -0.1) is 0 Å². The van der Waals surface area contributed by atoms with Crippen molar-refractivity contribution >= 4 is 11.7 Å². The second-order valence-electron chi connectivity index (χ2n) is 10.2. The van der Waals surface area contributed by atoms with E-state index < -0.39 is 0 Å². The van der Waals surface area contributed by atoms with Crippen molar-refractivity contribution in [3.63, 3.8) is 0 Å². The van der Waals surface area contributed by atoms with Gasteiger partial charge in [-0.25, -0.2) is 0 Å². The second-order valence-corrected chi connectivity index (χ2v) is 10.2. The van der Waals surface area contributed by atoms with Crippen molar-refractivity contribution in [3.05, 3.63) is 0 Å². The van der Waals surface area contributed by atoms with Gasteiger partial charge in [-0.3, -0.25) is 15.1 Å². The Kier molecular flexibility index (Phi) is 6.80. The third kappa shape index (κ3) is 4.48. The third-order valence-electron chi connectivity index (χ3n) is 8.66. The van der Waals surface area contributed by atoms with E-state index in [-0.39, 0.29) is 17.9 Å². The van der Waals surface area contributed by atoms with E-state index in [9.17, 15) is 4.79 Å². The number of carbonyl (C=O) groups excluding carboxylic acids is 1. The highest BCUT2D eigenvalue weighted by Crippen LogP contribution is 2.47. The van der Waals surface area contributed by atoms with Gasteiger partial charge in [0.1, 0.15) is 0 Å². The van der Waals surface area contributed by atoms with Gasteiger partial charge in [0, 0.05) is 31.6 Å². The number of carbonyl (C=O) groups is 1. The summed E-state index contributed by atoms with van der Waals surface area (Å²) in [6.07, 6.45) is 13.7. The summed E-state index contributed by atoms with van der Waals surface area (Å²) < 4.78 is 0. The van der Waals surface area contributed by atoms with Crippen LogP contribution in [0.25, 0.3) is 0 Å². The smallest absolute Gasteiger partial charge is 0.237 e. The first-order valence-corrected chi connectivity index (χ1v) is 12.2. The topological polar surface area (TPSA) is 108 Å². The zero-order valence-corrected chi connectivity index (χ0v) is 18.0. The molecule has 6 heteroatoms. The highest BCUT2D eigenvalue weighted by molar-refractivity contribution is 5.82. The molecule has 0 spiro atoms. The van der Waals surface area contributed by atoms with Crippen molar-refractivity contribution in [2.24, 2.45) is 41.1 Å². The molecular weight excluding hydrogens is 362 g/mol. The summed E-state index contributed by atoms with van der Waals surface area (Å²) in [5, 5.41) is 11.0. The van der Waals surface area contributed by atoms with Crippen LogP contribution in [0, 0.1) is 35.0 Å². The molecule has 7 atom stereocenters. The Morgan fingerprint density at radius 1 is 1.00 bits per heavy atom. The molecule has 3 aliphatic carbocycles. The molecule has 164 valence electrons. The molecule has 0 aromatic carbocycles. The maximum absolute atomic E-state index is 13.0. The molecule has 1 heterocycles. The molecule has 4 rings (SSSR count). The molecule has 4 aliphatic rings. The van der Waals surface area contributed by atoms with Gasteiger partial charge in [0.15, 0.2) is 0 Å². The van der Waals surface area contributed by atoms with Crippen LogP contribution in [0.5, 0.6) is 0 Å². The number of fused-ring (bicyclic) bond motifs is 2. The van der Waals surface area contributed by atoms with Crippen molar-refractivity contribution in [1.82, 2.24) is 10.2 Å². The maximum atomic E-state index is 13.0. The van der Waals surface area contributed by atoms with E-state index in [0.29, 0.717) is 30.9 Å². The average molecular weight is 404 g/mol. The van der Waals surface area contributed by atoms with E-state index in [0.717, 1.165) is 50.0 Å². The molecule has 0 bridgehead atoms. The first kappa shape index (κ1) is 21.1. The molecule has 4 fully saturated rings. The Labute approximate surface area is 176 Å². The van der Waals surface area contributed by atoms with Crippen LogP contribution >= 0.6 is 0 Å². The lowest BCUT2D eigenvalue weighted by Gasteiger charge is -2.45. The monoisotopic (exact) mass is 403 g/mol. The summed E-state index contributed by atoms with van der Waals surface area (Å²) in [6, 6.07) is 0.390. The lowest BCUT2D eigenvalue weighted by atomic mass is 9.65. The molecule has 0 aromatic heterocycles. The van der Waals surface area contributed by atoms with Crippen LogP contribution in [-0.2, 0) is 4.79 Å². The minimum absolute atomic E-state index is 0.0220. The first-order chi connectivity index (χ1) is 14.1. The minimum Gasteiger partial charge on any atom is -0.387 e. The van der Waals surface area contributed by atoms with Gasteiger partial charge >= 0.3 is 0 Å². The Morgan fingerprint density at radius 3 is 2.59 bits per heavy atom. The molecule has 1 amide bonds. The molecular formula is C23H41N5O. The molecule has 3 saturated carbocycles. The minimum atomic E-state index is -0.0220. The van der Waals surface area contributed by atoms with E-state index in [2.05, 4.69) is 10.2 Å². The third-order valence-corrected chi connectivity index (χ3v) is 8.66. The predicted octanol–water partition coefficient (Wildman–Crippen LogP) is 2.46. The van der Waals surface area contributed by atoms with Crippen molar-refractivity contribution in [2.45, 2.75) is 82.7 Å². The summed E-state index contributed by atoms with van der Waals surface area (Å²) in [4.78, 5) is 15.6. The number of hydrogen-bond donors (Lipinski definition) is 4. The largest absolute Gasteiger partial charge is 0.387 e. The number of likely N-dealkylation sites (tertiary alicyclic amines) is 1. The van der Waals surface area contributed by atoms with Crippen LogP contribution in [0.1, 0.15) is 70.6 Å². The maximum Gasteiger partial charge on any atom is 0.237 e. The summed E-state index contributed by atoms with van der Waals surface area (Å²) in [6.45, 7) is 2.11. The molecule has 7 unspecified atom stereocenters. The number of hydrogen-bond acceptors (Lipinski definition) is 4. The summed E-state index contributed by atoms with van der Waals surface area (Å²) in [7, 11) is 0. The van der Waals surface area contributed by atoms with Gasteiger partial charge in [-0.05, 0) is 62.2 Å². The van der Waals surface area contributed by atoms with Crippen molar-refractivity contribution in [2.75, 3.05) is 19.6 Å². The van der Waals surface area contributed by atoms with Crippen molar-refractivity contribution < 1.29 is 4.79 Å². The quantitative estimate of drug-likeness (QED) is 0.403. The lowest BCUT2D eigenvalue weighted by Crippen LogP contribution is -2.51. The summed E-state index contributed by atoms with van der Waals surface area (Å²) >= 11 is 0. The standard InChI is InChI=1S/C23H41N5O/c24-10-11-27-23(29)21-12-16-8-9-17(22(25)26)13-20(16)28(21)14-18-6-3-5-15-4-1-2-7-19(15)18/h15-21H,1-14,24H2,(H3,25,26)(H,27,29). The molecule has 29 heavy (non-hydrogen) atoms. The Bertz CT molecular complexity index is 594.